The van der Waals surface area contributed by atoms with Crippen molar-refractivity contribution in [1.82, 2.24) is 0 Å². The Kier molecular flexibility index (Phi) is 5.30. The van der Waals surface area contributed by atoms with Crippen LogP contribution in [0.4, 0.5) is 0 Å². The minimum atomic E-state index is 0. The molecule has 0 unspecified atom stereocenters. The minimum absolute atomic E-state index is 0. The van der Waals surface area contributed by atoms with Crippen LogP contribution in [0.15, 0.2) is 30.3 Å². The summed E-state index contributed by atoms with van der Waals surface area (Å²) in [5.41, 5.74) is 1.27. The third-order valence-electron chi connectivity index (χ3n) is 1.03. The Balaban J connectivity index is 0.000000640. The molecule has 0 aliphatic rings. The van der Waals surface area contributed by atoms with Gasteiger partial charge >= 0.3 is 0 Å². The van der Waals surface area contributed by atoms with Crippen molar-refractivity contribution >= 4 is 12.6 Å². The van der Waals surface area contributed by atoms with E-state index in [0.29, 0.717) is 0 Å². The maximum atomic E-state index is 4.11. The van der Waals surface area contributed by atoms with Crippen LogP contribution in [-0.4, -0.2) is 0 Å². The van der Waals surface area contributed by atoms with E-state index in [1.165, 1.54) is 5.56 Å². The first kappa shape index (κ1) is 9.31. The van der Waals surface area contributed by atoms with Gasteiger partial charge in [0.05, 0.1) is 0 Å². The van der Waals surface area contributed by atoms with Crippen LogP contribution >= 0.6 is 12.6 Å². The summed E-state index contributed by atoms with van der Waals surface area (Å²) in [6.07, 6.45) is 0. The second-order valence-electron chi connectivity index (χ2n) is 1.64. The molecular formula is C7H8AgS. The molecule has 0 amide bonds. The van der Waals surface area contributed by atoms with Gasteiger partial charge in [0.15, 0.2) is 0 Å². The van der Waals surface area contributed by atoms with Crippen LogP contribution in [0.1, 0.15) is 5.56 Å². The molecule has 0 aliphatic heterocycles. The zero-order valence-electron chi connectivity index (χ0n) is 4.84. The standard InChI is InChI=1S/C7H8S.Ag/c8-6-7-4-2-1-3-5-7;/h1-5,8H,6H2;. The molecule has 0 N–H and O–H groups in total. The summed E-state index contributed by atoms with van der Waals surface area (Å²) in [5, 5.41) is 0. The third-order valence-corrected chi connectivity index (χ3v) is 1.39. The molecule has 2 heteroatoms. The Morgan fingerprint density at radius 3 is 2.00 bits per heavy atom. The fourth-order valence-corrected chi connectivity index (χ4v) is 0.794. The SMILES string of the molecule is SCc1ccccc1.[Ag]. The Hall–Kier alpha value is 0.310. The van der Waals surface area contributed by atoms with Crippen molar-refractivity contribution in [1.29, 1.82) is 0 Å². The summed E-state index contributed by atoms with van der Waals surface area (Å²) in [5.74, 6) is 0.834. The number of benzene rings is 1. The molecule has 9 heavy (non-hydrogen) atoms. The van der Waals surface area contributed by atoms with Crippen molar-refractivity contribution in [2.75, 3.05) is 0 Å². The predicted octanol–water partition coefficient (Wildman–Crippen LogP) is 2.11. The zero-order chi connectivity index (χ0) is 5.82. The molecule has 0 fully saturated rings. The van der Waals surface area contributed by atoms with Crippen LogP contribution in [-0.2, 0) is 28.1 Å². The average Bonchev–Trinajstić information content (AvgIpc) is 1.90. The molecule has 0 saturated carbocycles. The summed E-state index contributed by atoms with van der Waals surface area (Å²) in [6, 6.07) is 10.2. The molecule has 0 aromatic heterocycles. The summed E-state index contributed by atoms with van der Waals surface area (Å²) in [4.78, 5) is 0. The topological polar surface area (TPSA) is 0 Å². The van der Waals surface area contributed by atoms with Gasteiger partial charge in [-0.2, -0.15) is 12.6 Å². The molecule has 1 radical (unpaired) electrons. The van der Waals surface area contributed by atoms with E-state index in [1.807, 2.05) is 18.2 Å². The molecule has 1 aromatic rings. The number of thiol groups is 1. The van der Waals surface area contributed by atoms with E-state index in [-0.39, 0.29) is 22.4 Å². The summed E-state index contributed by atoms with van der Waals surface area (Å²) < 4.78 is 0. The van der Waals surface area contributed by atoms with Crippen molar-refractivity contribution in [3.8, 4) is 0 Å². The normalized spacial score (nSPS) is 8.11. The average molecular weight is 232 g/mol. The largest absolute Gasteiger partial charge is 0.175 e. The first-order chi connectivity index (χ1) is 3.93. The maximum absolute atomic E-state index is 4.11. The first-order valence-corrected chi connectivity index (χ1v) is 3.21. The van der Waals surface area contributed by atoms with Gasteiger partial charge in [0.25, 0.3) is 0 Å². The molecule has 1 rings (SSSR count). The second kappa shape index (κ2) is 5.12. The van der Waals surface area contributed by atoms with E-state index in [0.717, 1.165) is 5.75 Å². The van der Waals surface area contributed by atoms with Crippen molar-refractivity contribution in [2.45, 2.75) is 5.75 Å². The Morgan fingerprint density at radius 1 is 1.11 bits per heavy atom. The number of rotatable bonds is 1. The third kappa shape index (κ3) is 3.11. The van der Waals surface area contributed by atoms with E-state index in [9.17, 15) is 0 Å². The molecule has 0 saturated heterocycles. The van der Waals surface area contributed by atoms with E-state index in [1.54, 1.807) is 0 Å². The Bertz CT molecular complexity index is 150. The second-order valence-corrected chi connectivity index (χ2v) is 1.96. The van der Waals surface area contributed by atoms with Crippen LogP contribution < -0.4 is 0 Å². The molecule has 0 nitrogen and oxygen atoms in total. The van der Waals surface area contributed by atoms with Crippen LogP contribution in [0.5, 0.6) is 0 Å². The smallest absolute Gasteiger partial charge is 0.0154 e. The number of hydrogen-bond donors (Lipinski definition) is 1. The van der Waals surface area contributed by atoms with Gasteiger partial charge in [0, 0.05) is 28.1 Å². The molecule has 0 bridgehead atoms. The van der Waals surface area contributed by atoms with Gasteiger partial charge < -0.3 is 0 Å². The fraction of sp³-hybridized carbons (Fsp3) is 0.143. The fourth-order valence-electron chi connectivity index (χ4n) is 0.583. The minimum Gasteiger partial charge on any atom is -0.175 e. The molecule has 1 aromatic carbocycles. The molecule has 0 atom stereocenters. The van der Waals surface area contributed by atoms with E-state index < -0.39 is 0 Å². The maximum Gasteiger partial charge on any atom is 0.0154 e. The summed E-state index contributed by atoms with van der Waals surface area (Å²) in [7, 11) is 0. The van der Waals surface area contributed by atoms with Gasteiger partial charge in [0.1, 0.15) is 0 Å². The monoisotopic (exact) mass is 231 g/mol. The molecule has 53 valence electrons. The Morgan fingerprint density at radius 2 is 1.67 bits per heavy atom. The number of hydrogen-bond acceptors (Lipinski definition) is 1. The van der Waals surface area contributed by atoms with E-state index in [2.05, 4.69) is 24.8 Å². The predicted molar refractivity (Wildman–Crippen MR) is 39.1 cm³/mol. The van der Waals surface area contributed by atoms with Crippen molar-refractivity contribution in [2.24, 2.45) is 0 Å². The van der Waals surface area contributed by atoms with Gasteiger partial charge in [-0.15, -0.1) is 0 Å². The van der Waals surface area contributed by atoms with Crippen LogP contribution in [0.2, 0.25) is 0 Å². The quantitative estimate of drug-likeness (QED) is 0.556. The first-order valence-electron chi connectivity index (χ1n) is 2.58. The molecular weight excluding hydrogens is 224 g/mol. The summed E-state index contributed by atoms with van der Waals surface area (Å²) >= 11 is 4.11. The van der Waals surface area contributed by atoms with Gasteiger partial charge in [-0.25, -0.2) is 0 Å². The molecule has 0 heterocycles. The zero-order valence-corrected chi connectivity index (χ0v) is 7.22. The summed E-state index contributed by atoms with van der Waals surface area (Å²) in [6.45, 7) is 0. The van der Waals surface area contributed by atoms with E-state index >= 15 is 0 Å². The van der Waals surface area contributed by atoms with Crippen molar-refractivity contribution < 1.29 is 22.4 Å². The Labute approximate surface area is 76.6 Å². The van der Waals surface area contributed by atoms with Gasteiger partial charge in [0.2, 0.25) is 0 Å². The van der Waals surface area contributed by atoms with Crippen LogP contribution in [0, 0.1) is 0 Å². The molecule has 0 aliphatic carbocycles. The van der Waals surface area contributed by atoms with Gasteiger partial charge in [-0.1, -0.05) is 30.3 Å². The van der Waals surface area contributed by atoms with Crippen molar-refractivity contribution in [3.63, 3.8) is 0 Å². The van der Waals surface area contributed by atoms with E-state index in [4.69, 9.17) is 0 Å². The van der Waals surface area contributed by atoms with Crippen LogP contribution in [0.25, 0.3) is 0 Å². The molecule has 0 spiro atoms. The van der Waals surface area contributed by atoms with Crippen molar-refractivity contribution in [3.05, 3.63) is 35.9 Å². The van der Waals surface area contributed by atoms with Gasteiger partial charge in [-0.3, -0.25) is 0 Å². The van der Waals surface area contributed by atoms with Crippen LogP contribution in [0.3, 0.4) is 0 Å². The van der Waals surface area contributed by atoms with Gasteiger partial charge in [-0.05, 0) is 5.56 Å².